The van der Waals surface area contributed by atoms with Crippen LogP contribution in [0.2, 0.25) is 0 Å². The maximum Gasteiger partial charge on any atom is 0.410 e. The van der Waals surface area contributed by atoms with Crippen molar-refractivity contribution < 1.29 is 42.6 Å². The van der Waals surface area contributed by atoms with Gasteiger partial charge < -0.3 is 24.6 Å². The molecule has 0 aromatic heterocycles. The number of carbonyl (C=O) groups is 2. The summed E-state index contributed by atoms with van der Waals surface area (Å²) in [6.07, 6.45) is 2.13. The lowest BCUT2D eigenvalue weighted by atomic mass is 9.89. The monoisotopic (exact) mass is 711 g/mol. The molecule has 50 heavy (non-hydrogen) atoms. The first-order valence-electron chi connectivity index (χ1n) is 16.6. The van der Waals surface area contributed by atoms with Gasteiger partial charge in [0.25, 0.3) is 11.6 Å². The number of sulfonamides is 1. The van der Waals surface area contributed by atoms with E-state index in [2.05, 4.69) is 4.72 Å². The minimum atomic E-state index is -3.88. The predicted octanol–water partition coefficient (Wildman–Crippen LogP) is 5.71. The molecule has 1 aliphatic carbocycles. The highest BCUT2D eigenvalue weighted by molar-refractivity contribution is 7.90. The Balaban J connectivity index is 1.44. The third-order valence-electron chi connectivity index (χ3n) is 8.26. The molecule has 14 heteroatoms. The van der Waals surface area contributed by atoms with Crippen LogP contribution in [0.4, 0.5) is 10.5 Å². The second kappa shape index (κ2) is 16.9. The van der Waals surface area contributed by atoms with E-state index in [1.54, 1.807) is 45.0 Å². The highest BCUT2D eigenvalue weighted by Crippen LogP contribution is 2.38. The van der Waals surface area contributed by atoms with Gasteiger partial charge >= 0.3 is 6.09 Å². The highest BCUT2D eigenvalue weighted by Gasteiger charge is 2.27. The average Bonchev–Trinajstić information content (AvgIpc) is 3.61. The molecule has 1 atom stereocenters. The van der Waals surface area contributed by atoms with Crippen LogP contribution >= 0.6 is 0 Å². The molecule has 4 rings (SSSR count). The Kier molecular flexibility index (Phi) is 13.0. The van der Waals surface area contributed by atoms with Crippen molar-refractivity contribution in [1.29, 1.82) is 0 Å². The fourth-order valence-corrected chi connectivity index (χ4v) is 6.76. The molecule has 1 fully saturated rings. The molecule has 0 unspecified atom stereocenters. The number of nitro benzene ring substituents is 1. The summed E-state index contributed by atoms with van der Waals surface area (Å²) in [7, 11) is -3.88. The topological polar surface area (TPSA) is 186 Å². The standard InChI is InChI=1S/C36H45N3O10S/c1-36(2,3)49-35(43)38(24-33(41)27-9-14-29(15-10-27)39(44)45)19-21-48-30-16-11-25(12-17-30)28-13-18-31(32(23-28)26-7-4-5-8-26)34(42)37-50(46,47)22-6-20-40/h9-18,23,26,33,40-41H,4-8,19-22,24H2,1-3H3,(H,37,42)/t33-/m0/s1. The van der Waals surface area contributed by atoms with Gasteiger partial charge in [0.1, 0.15) is 18.0 Å². The van der Waals surface area contributed by atoms with Crippen LogP contribution < -0.4 is 9.46 Å². The zero-order valence-electron chi connectivity index (χ0n) is 28.5. The van der Waals surface area contributed by atoms with E-state index in [0.29, 0.717) is 16.9 Å². The van der Waals surface area contributed by atoms with Crippen LogP contribution in [0, 0.1) is 10.1 Å². The van der Waals surface area contributed by atoms with Crippen molar-refractivity contribution in [2.75, 3.05) is 32.1 Å². The second-order valence-electron chi connectivity index (χ2n) is 13.3. The lowest BCUT2D eigenvalue weighted by Gasteiger charge is -2.29. The zero-order chi connectivity index (χ0) is 36.5. The van der Waals surface area contributed by atoms with E-state index in [4.69, 9.17) is 14.6 Å². The van der Waals surface area contributed by atoms with Crippen LogP contribution in [0.3, 0.4) is 0 Å². The summed E-state index contributed by atoms with van der Waals surface area (Å²) in [6.45, 7) is 4.96. The number of nitrogens with zero attached hydrogens (tertiary/aromatic N) is 2. The summed E-state index contributed by atoms with van der Waals surface area (Å²) >= 11 is 0. The quantitative estimate of drug-likeness (QED) is 0.130. The first-order chi connectivity index (χ1) is 23.7. The molecule has 3 N–H and O–H groups in total. The molecule has 1 saturated carbocycles. The van der Waals surface area contributed by atoms with Crippen molar-refractivity contribution in [3.8, 4) is 16.9 Å². The zero-order valence-corrected chi connectivity index (χ0v) is 29.4. The fourth-order valence-electron chi connectivity index (χ4n) is 5.76. The van der Waals surface area contributed by atoms with Crippen molar-refractivity contribution >= 4 is 27.7 Å². The summed E-state index contributed by atoms with van der Waals surface area (Å²) in [5, 5.41) is 30.8. The summed E-state index contributed by atoms with van der Waals surface area (Å²) in [6, 6.07) is 18.1. The number of carbonyl (C=O) groups excluding carboxylic acids is 2. The highest BCUT2D eigenvalue weighted by atomic mass is 32.2. The summed E-state index contributed by atoms with van der Waals surface area (Å²) in [5.41, 5.74) is 2.36. The van der Waals surface area contributed by atoms with Gasteiger partial charge in [-0.3, -0.25) is 14.9 Å². The molecule has 3 aromatic carbocycles. The van der Waals surface area contributed by atoms with Gasteiger partial charge in [-0.25, -0.2) is 17.9 Å². The van der Waals surface area contributed by atoms with Gasteiger partial charge in [-0.15, -0.1) is 0 Å². The Morgan fingerprint density at radius 2 is 1.66 bits per heavy atom. The largest absolute Gasteiger partial charge is 0.492 e. The molecule has 0 bridgehead atoms. The number of hydrogen-bond donors (Lipinski definition) is 3. The predicted molar refractivity (Wildman–Crippen MR) is 187 cm³/mol. The number of non-ortho nitro benzene ring substituents is 1. The van der Waals surface area contributed by atoms with Gasteiger partial charge in [0, 0.05) is 24.3 Å². The first-order valence-corrected chi connectivity index (χ1v) is 18.2. The number of nitrogens with one attached hydrogen (secondary N) is 1. The van der Waals surface area contributed by atoms with Crippen molar-refractivity contribution in [2.24, 2.45) is 0 Å². The molecule has 0 heterocycles. The van der Waals surface area contributed by atoms with Crippen LogP contribution in [-0.2, 0) is 14.8 Å². The van der Waals surface area contributed by atoms with Crippen molar-refractivity contribution in [3.63, 3.8) is 0 Å². The molecule has 0 spiro atoms. The van der Waals surface area contributed by atoms with E-state index in [9.17, 15) is 33.2 Å². The Hall–Kier alpha value is -4.53. The summed E-state index contributed by atoms with van der Waals surface area (Å²) in [5.74, 6) is -0.357. The van der Waals surface area contributed by atoms with E-state index in [1.807, 2.05) is 18.2 Å². The van der Waals surface area contributed by atoms with Gasteiger partial charge in [0.05, 0.1) is 29.9 Å². The van der Waals surface area contributed by atoms with Crippen LogP contribution in [0.25, 0.3) is 11.1 Å². The smallest absolute Gasteiger partial charge is 0.410 e. The molecule has 2 amide bonds. The van der Waals surface area contributed by atoms with E-state index in [1.165, 1.54) is 29.2 Å². The fraction of sp³-hybridized carbons (Fsp3) is 0.444. The number of nitro groups is 1. The van der Waals surface area contributed by atoms with E-state index < -0.39 is 38.7 Å². The average molecular weight is 712 g/mol. The van der Waals surface area contributed by atoms with E-state index >= 15 is 0 Å². The number of aliphatic hydroxyl groups is 2. The number of hydrogen-bond acceptors (Lipinski definition) is 10. The first kappa shape index (κ1) is 38.3. The number of amides is 2. The minimum absolute atomic E-state index is 0.0339. The molecule has 3 aromatic rings. The van der Waals surface area contributed by atoms with Crippen molar-refractivity contribution in [3.05, 3.63) is 93.5 Å². The van der Waals surface area contributed by atoms with Crippen LogP contribution in [0.1, 0.15) is 86.4 Å². The molecular formula is C36H45N3O10S. The van der Waals surface area contributed by atoms with Crippen LogP contribution in [0.5, 0.6) is 5.75 Å². The lowest BCUT2D eigenvalue weighted by Crippen LogP contribution is -2.41. The van der Waals surface area contributed by atoms with Gasteiger partial charge in [-0.2, -0.15) is 0 Å². The summed E-state index contributed by atoms with van der Waals surface area (Å²) in [4.78, 5) is 37.9. The third kappa shape index (κ3) is 11.0. The molecular weight excluding hydrogens is 666 g/mol. The lowest BCUT2D eigenvalue weighted by molar-refractivity contribution is -0.384. The number of ether oxygens (including phenoxy) is 2. The molecule has 0 radical (unpaired) electrons. The second-order valence-corrected chi connectivity index (χ2v) is 15.1. The molecule has 0 aliphatic heterocycles. The van der Waals surface area contributed by atoms with Crippen molar-refractivity contribution in [2.45, 2.75) is 70.5 Å². The number of benzene rings is 3. The van der Waals surface area contributed by atoms with Crippen molar-refractivity contribution in [1.82, 2.24) is 9.62 Å². The number of rotatable bonds is 15. The molecule has 13 nitrogen and oxygen atoms in total. The Labute approximate surface area is 292 Å². The van der Waals surface area contributed by atoms with Gasteiger partial charge in [0.2, 0.25) is 10.0 Å². The van der Waals surface area contributed by atoms with Gasteiger partial charge in [-0.1, -0.05) is 37.1 Å². The van der Waals surface area contributed by atoms with Gasteiger partial charge in [0.15, 0.2) is 0 Å². The maximum atomic E-state index is 13.1. The Morgan fingerprint density at radius 1 is 1.02 bits per heavy atom. The number of aliphatic hydroxyl groups excluding tert-OH is 2. The Morgan fingerprint density at radius 3 is 2.26 bits per heavy atom. The maximum absolute atomic E-state index is 13.1. The minimum Gasteiger partial charge on any atom is -0.492 e. The SMILES string of the molecule is CC(C)(C)OC(=O)N(CCOc1ccc(-c2ccc(C(=O)NS(=O)(=O)CCCO)c(C3CCCC3)c2)cc1)C[C@H](O)c1ccc([N+](=O)[O-])cc1. The normalized spacial score (nSPS) is 14.2. The Bertz CT molecular complexity index is 1730. The van der Waals surface area contributed by atoms with Crippen LogP contribution in [0.15, 0.2) is 66.7 Å². The summed E-state index contributed by atoms with van der Waals surface area (Å²) < 4.78 is 38.3. The molecule has 1 aliphatic rings. The molecule has 270 valence electrons. The van der Waals surface area contributed by atoms with Crippen LogP contribution in [-0.4, -0.2) is 78.1 Å². The van der Waals surface area contributed by atoms with E-state index in [0.717, 1.165) is 42.4 Å². The van der Waals surface area contributed by atoms with E-state index in [-0.39, 0.29) is 50.1 Å². The van der Waals surface area contributed by atoms with Gasteiger partial charge in [-0.05, 0) is 98.5 Å². The molecule has 0 saturated heterocycles. The third-order valence-corrected chi connectivity index (χ3v) is 9.58.